The monoisotopic (exact) mass is 550 g/mol. The molecule has 0 saturated carbocycles. The predicted octanol–water partition coefficient (Wildman–Crippen LogP) is 5.74. The Hall–Kier alpha value is -4.27. The fraction of sp³-hybridized carbons (Fsp3) is 0.303. The van der Waals surface area contributed by atoms with Gasteiger partial charge in [-0.25, -0.2) is 0 Å². The smallest absolute Gasteiger partial charge is 0.154 e. The highest BCUT2D eigenvalue weighted by Crippen LogP contribution is 2.27. The summed E-state index contributed by atoms with van der Waals surface area (Å²) in [6.07, 6.45) is 4.77. The van der Waals surface area contributed by atoms with Crippen LogP contribution in [-0.2, 0) is 6.42 Å². The minimum Gasteiger partial charge on any atom is -0.493 e. The molecule has 1 atom stereocenters. The van der Waals surface area contributed by atoms with E-state index in [0.29, 0.717) is 36.2 Å². The molecule has 0 amide bonds. The van der Waals surface area contributed by atoms with Crippen molar-refractivity contribution in [3.05, 3.63) is 96.2 Å². The number of benzene rings is 3. The molecule has 0 aliphatic carbocycles. The van der Waals surface area contributed by atoms with Crippen molar-refractivity contribution in [3.63, 3.8) is 0 Å². The molecule has 212 valence electrons. The van der Waals surface area contributed by atoms with Crippen molar-refractivity contribution in [1.29, 1.82) is 0 Å². The van der Waals surface area contributed by atoms with Gasteiger partial charge in [-0.15, -0.1) is 0 Å². The van der Waals surface area contributed by atoms with E-state index in [0.717, 1.165) is 67.8 Å². The molecule has 1 fully saturated rings. The van der Waals surface area contributed by atoms with E-state index in [2.05, 4.69) is 55.6 Å². The fourth-order valence-corrected chi connectivity index (χ4v) is 5.30. The summed E-state index contributed by atoms with van der Waals surface area (Å²) in [7, 11) is 0. The van der Waals surface area contributed by atoms with Crippen molar-refractivity contribution in [1.82, 2.24) is 15.4 Å². The molecule has 3 aromatic carbocycles. The Morgan fingerprint density at radius 3 is 2.78 bits per heavy atom. The Labute approximate surface area is 241 Å². The van der Waals surface area contributed by atoms with Gasteiger partial charge >= 0.3 is 0 Å². The van der Waals surface area contributed by atoms with E-state index >= 15 is 0 Å². The predicted molar refractivity (Wildman–Crippen MR) is 167 cm³/mol. The quantitative estimate of drug-likeness (QED) is 0.0851. The molecule has 41 heavy (non-hydrogen) atoms. The van der Waals surface area contributed by atoms with Crippen LogP contribution in [0.15, 0.2) is 95.0 Å². The van der Waals surface area contributed by atoms with E-state index in [-0.39, 0.29) is 0 Å². The normalized spacial score (nSPS) is 15.6. The number of hydrogen-bond donors (Lipinski definition) is 3. The van der Waals surface area contributed by atoms with E-state index in [1.165, 1.54) is 5.56 Å². The average Bonchev–Trinajstić information content (AvgIpc) is 3.48. The van der Waals surface area contributed by atoms with Gasteiger partial charge in [0.1, 0.15) is 5.75 Å². The maximum Gasteiger partial charge on any atom is 0.154 e. The summed E-state index contributed by atoms with van der Waals surface area (Å²) < 4.78 is 6.16. The van der Waals surface area contributed by atoms with Crippen LogP contribution >= 0.6 is 0 Å². The first-order chi connectivity index (χ1) is 20.2. The van der Waals surface area contributed by atoms with Gasteiger partial charge in [0, 0.05) is 61.0 Å². The topological polar surface area (TPSA) is 94.4 Å². The van der Waals surface area contributed by atoms with Gasteiger partial charge in [-0.2, -0.15) is 0 Å². The molecule has 0 radical (unpaired) electrons. The fourth-order valence-electron chi connectivity index (χ4n) is 5.30. The van der Waals surface area contributed by atoms with Crippen LogP contribution < -0.4 is 15.5 Å². The lowest BCUT2D eigenvalue weighted by Crippen LogP contribution is -2.28. The van der Waals surface area contributed by atoms with Gasteiger partial charge in [0.05, 0.1) is 17.8 Å². The van der Waals surface area contributed by atoms with Crippen molar-refractivity contribution in [2.45, 2.75) is 19.3 Å². The molecule has 1 saturated heterocycles. The molecule has 1 aromatic heterocycles. The van der Waals surface area contributed by atoms with Gasteiger partial charge in [-0.3, -0.25) is 25.7 Å². The van der Waals surface area contributed by atoms with Gasteiger partial charge in [-0.05, 0) is 62.4 Å². The number of nitrogens with zero attached hydrogens (tertiary/aromatic N) is 4. The number of ether oxygens (including phenoxy) is 1. The number of pyridine rings is 1. The molecule has 1 unspecified atom stereocenters. The van der Waals surface area contributed by atoms with E-state index < -0.39 is 0 Å². The third kappa shape index (κ3) is 7.68. The van der Waals surface area contributed by atoms with Crippen LogP contribution in [0, 0.1) is 5.92 Å². The maximum atomic E-state index is 9.74. The number of nitrogens with one attached hydrogen (secondary N) is 2. The largest absolute Gasteiger partial charge is 0.493 e. The van der Waals surface area contributed by atoms with Gasteiger partial charge in [0.2, 0.25) is 0 Å². The molecule has 2 heterocycles. The van der Waals surface area contributed by atoms with E-state index in [1.54, 1.807) is 0 Å². The minimum absolute atomic E-state index is 0.381. The summed E-state index contributed by atoms with van der Waals surface area (Å²) in [5.74, 6) is 1.59. The Bertz CT molecular complexity index is 1450. The first kappa shape index (κ1) is 28.3. The first-order valence-corrected chi connectivity index (χ1v) is 14.3. The lowest BCUT2D eigenvalue weighted by Gasteiger charge is -2.18. The maximum absolute atomic E-state index is 9.74. The summed E-state index contributed by atoms with van der Waals surface area (Å²) in [6.45, 7) is 8.88. The van der Waals surface area contributed by atoms with Crippen LogP contribution in [0.1, 0.15) is 24.0 Å². The number of aliphatic imine (C=N–C) groups is 2. The first-order valence-electron chi connectivity index (χ1n) is 14.3. The molecule has 0 bridgehead atoms. The Kier molecular flexibility index (Phi) is 9.92. The van der Waals surface area contributed by atoms with Gasteiger partial charge < -0.3 is 15.0 Å². The van der Waals surface area contributed by atoms with Crippen LogP contribution in [-0.4, -0.2) is 67.0 Å². The number of rotatable bonds is 13. The van der Waals surface area contributed by atoms with Crippen LogP contribution in [0.2, 0.25) is 0 Å². The van der Waals surface area contributed by atoms with Crippen molar-refractivity contribution < 1.29 is 9.94 Å². The number of para-hydroxylation sites is 1. The zero-order valence-corrected chi connectivity index (χ0v) is 23.4. The Morgan fingerprint density at radius 1 is 1.07 bits per heavy atom. The lowest BCUT2D eigenvalue weighted by atomic mass is 10.1. The summed E-state index contributed by atoms with van der Waals surface area (Å²) in [5.41, 5.74) is 6.96. The highest BCUT2D eigenvalue weighted by atomic mass is 16.5. The number of anilines is 1. The second-order valence-corrected chi connectivity index (χ2v) is 10.3. The zero-order valence-electron chi connectivity index (χ0n) is 23.4. The van der Waals surface area contributed by atoms with E-state index in [1.807, 2.05) is 66.9 Å². The highest BCUT2D eigenvalue weighted by molar-refractivity contribution is 6.02. The standard InChI is InChI=1S/C33H38N6O2/c1-34-32-22-27(13-14-29(32)33(38-40)37-17-7-10-25-8-3-2-4-9-25)41-24-26-16-20-39(23-26)21-19-36-31-15-18-35-30-12-6-5-11-28(30)31/h2-6,8-9,11-15,18,22,26,40H,1,7,10,16-17,19-21,23-24H2,(H,35,36)(H,37,38). The number of fused-ring (bicyclic) bond motifs is 1. The lowest BCUT2D eigenvalue weighted by molar-refractivity contribution is 0.234. The molecule has 1 aliphatic heterocycles. The Morgan fingerprint density at radius 2 is 1.93 bits per heavy atom. The molecule has 3 N–H and O–H groups in total. The number of hydroxylamine groups is 1. The molecule has 8 heteroatoms. The number of hydrogen-bond acceptors (Lipinski definition) is 7. The van der Waals surface area contributed by atoms with Crippen LogP contribution in [0.25, 0.3) is 10.9 Å². The second kappa shape index (κ2) is 14.4. The van der Waals surface area contributed by atoms with Gasteiger partial charge in [0.25, 0.3) is 0 Å². The SMILES string of the molecule is C=Nc1cc(OCC2CCN(CCNc3ccnc4ccccc34)C2)ccc1C(=NCCCc1ccccc1)NO. The third-order valence-corrected chi connectivity index (χ3v) is 7.49. The summed E-state index contributed by atoms with van der Waals surface area (Å²) in [6, 6.07) is 26.2. The third-order valence-electron chi connectivity index (χ3n) is 7.49. The number of aromatic nitrogens is 1. The minimum atomic E-state index is 0.381. The zero-order chi connectivity index (χ0) is 28.3. The highest BCUT2D eigenvalue weighted by Gasteiger charge is 2.23. The average molecular weight is 551 g/mol. The molecular weight excluding hydrogens is 512 g/mol. The van der Waals surface area contributed by atoms with Crippen molar-refractivity contribution in [3.8, 4) is 5.75 Å². The van der Waals surface area contributed by atoms with Crippen molar-refractivity contribution in [2.75, 3.05) is 44.6 Å². The van der Waals surface area contributed by atoms with Crippen LogP contribution in [0.3, 0.4) is 0 Å². The van der Waals surface area contributed by atoms with E-state index in [4.69, 9.17) is 4.74 Å². The molecule has 4 aromatic rings. The summed E-state index contributed by atoms with van der Waals surface area (Å²) >= 11 is 0. The van der Waals surface area contributed by atoms with Crippen molar-refractivity contribution >= 4 is 34.8 Å². The summed E-state index contributed by atoms with van der Waals surface area (Å²) in [4.78, 5) is 15.6. The van der Waals surface area contributed by atoms with Crippen molar-refractivity contribution in [2.24, 2.45) is 15.9 Å². The molecule has 8 nitrogen and oxygen atoms in total. The molecule has 5 rings (SSSR count). The number of aryl methyl sites for hydroxylation is 1. The summed E-state index contributed by atoms with van der Waals surface area (Å²) in [5, 5.41) is 14.5. The van der Waals surface area contributed by atoms with Gasteiger partial charge in [0.15, 0.2) is 5.84 Å². The van der Waals surface area contributed by atoms with Crippen LogP contribution in [0.5, 0.6) is 5.75 Å². The van der Waals surface area contributed by atoms with E-state index in [9.17, 15) is 5.21 Å². The molecule has 0 spiro atoms. The Balaban J connectivity index is 1.08. The molecule has 1 aliphatic rings. The second-order valence-electron chi connectivity index (χ2n) is 10.3. The van der Waals surface area contributed by atoms with Crippen LogP contribution in [0.4, 0.5) is 11.4 Å². The number of likely N-dealkylation sites (tertiary alicyclic amines) is 1. The van der Waals surface area contributed by atoms with Gasteiger partial charge in [-0.1, -0.05) is 48.5 Å². The molecular formula is C33H38N6O2. The number of amidine groups is 1.